The molecular formula is C19H18N2O7S3. The van der Waals surface area contributed by atoms with E-state index in [1.165, 1.54) is 39.9 Å². The number of fused-ring (bicyclic) bond motifs is 1. The fourth-order valence-electron chi connectivity index (χ4n) is 3.53. The number of esters is 1. The third-order valence-corrected chi connectivity index (χ3v) is 9.93. The minimum absolute atomic E-state index is 0.0130. The smallest absolute Gasteiger partial charge is 0.349 e. The first-order chi connectivity index (χ1) is 14.7. The molecule has 1 aromatic carbocycles. The van der Waals surface area contributed by atoms with Gasteiger partial charge < -0.3 is 9.64 Å². The molecule has 0 aliphatic carbocycles. The monoisotopic (exact) mass is 482 g/mol. The molecule has 2 aliphatic rings. The Kier molecular flexibility index (Phi) is 5.50. The minimum Gasteiger partial charge on any atom is -0.465 e. The van der Waals surface area contributed by atoms with Crippen LogP contribution in [0.25, 0.3) is 6.08 Å². The van der Waals surface area contributed by atoms with Gasteiger partial charge in [0, 0.05) is 26.2 Å². The molecule has 0 unspecified atom stereocenters. The quantitative estimate of drug-likeness (QED) is 0.601. The number of thiophene rings is 1. The zero-order chi connectivity index (χ0) is 22.4. The predicted molar refractivity (Wildman–Crippen MR) is 113 cm³/mol. The van der Waals surface area contributed by atoms with Crippen LogP contribution in [0.1, 0.15) is 15.2 Å². The summed E-state index contributed by atoms with van der Waals surface area (Å²) >= 11 is 0.970. The summed E-state index contributed by atoms with van der Waals surface area (Å²) in [5.41, 5.74) is 0.458. The van der Waals surface area contributed by atoms with Crippen LogP contribution < -0.4 is 0 Å². The number of amides is 1. The van der Waals surface area contributed by atoms with Gasteiger partial charge in [-0.3, -0.25) is 4.79 Å². The summed E-state index contributed by atoms with van der Waals surface area (Å²) < 4.78 is 57.2. The highest BCUT2D eigenvalue weighted by Gasteiger charge is 2.39. The zero-order valence-electron chi connectivity index (χ0n) is 16.3. The Morgan fingerprint density at radius 3 is 2.39 bits per heavy atom. The van der Waals surface area contributed by atoms with Crippen molar-refractivity contribution in [3.8, 4) is 0 Å². The number of sulfonamides is 1. The molecule has 1 amide bonds. The Labute approximate surface area is 183 Å². The molecule has 4 rings (SSSR count). The van der Waals surface area contributed by atoms with Gasteiger partial charge in [0.1, 0.15) is 14.7 Å². The molecule has 164 valence electrons. The lowest BCUT2D eigenvalue weighted by Crippen LogP contribution is -2.51. The number of carbonyl (C=O) groups excluding carboxylic acids is 2. The van der Waals surface area contributed by atoms with E-state index in [2.05, 4.69) is 4.74 Å². The molecule has 1 fully saturated rings. The molecular weight excluding hydrogens is 464 g/mol. The number of piperazine rings is 1. The Hall–Kier alpha value is -2.54. The molecule has 0 bridgehead atoms. The number of sulfone groups is 1. The summed E-state index contributed by atoms with van der Waals surface area (Å²) in [5.74, 6) is -1.39. The number of carbonyl (C=O) groups is 2. The molecule has 0 spiro atoms. The lowest BCUT2D eigenvalue weighted by atomic mass is 10.2. The summed E-state index contributed by atoms with van der Waals surface area (Å²) in [6, 6.07) is 7.70. The molecule has 0 radical (unpaired) electrons. The van der Waals surface area contributed by atoms with E-state index in [-0.39, 0.29) is 45.8 Å². The third kappa shape index (κ3) is 3.59. The summed E-state index contributed by atoms with van der Waals surface area (Å²) in [5, 5.41) is 1.49. The Balaban J connectivity index is 1.50. The van der Waals surface area contributed by atoms with E-state index < -0.39 is 31.7 Å². The van der Waals surface area contributed by atoms with Crippen molar-refractivity contribution < 1.29 is 31.2 Å². The second-order valence-electron chi connectivity index (χ2n) is 6.85. The molecule has 2 aromatic rings. The molecule has 3 heterocycles. The maximum absolute atomic E-state index is 13.0. The summed E-state index contributed by atoms with van der Waals surface area (Å²) in [6.07, 6.45) is 1.35. The number of methoxy groups -OCH3 is 1. The summed E-state index contributed by atoms with van der Waals surface area (Å²) in [6.45, 7) is 0.00748. The van der Waals surface area contributed by atoms with Crippen LogP contribution in [0.3, 0.4) is 0 Å². The van der Waals surface area contributed by atoms with Gasteiger partial charge in [-0.15, -0.1) is 11.3 Å². The average Bonchev–Trinajstić information content (AvgIpc) is 3.36. The number of benzene rings is 1. The van der Waals surface area contributed by atoms with Crippen molar-refractivity contribution in [3.63, 3.8) is 0 Å². The predicted octanol–water partition coefficient (Wildman–Crippen LogP) is 1.20. The topological polar surface area (TPSA) is 118 Å². The van der Waals surface area contributed by atoms with E-state index in [1.54, 1.807) is 18.2 Å². The van der Waals surface area contributed by atoms with E-state index in [1.807, 2.05) is 0 Å². The molecule has 1 aromatic heterocycles. The first kappa shape index (κ1) is 21.7. The van der Waals surface area contributed by atoms with Gasteiger partial charge in [0.05, 0.1) is 12.0 Å². The maximum atomic E-state index is 13.0. The van der Waals surface area contributed by atoms with Gasteiger partial charge in [0.25, 0.3) is 5.91 Å². The Morgan fingerprint density at radius 1 is 1.06 bits per heavy atom. The maximum Gasteiger partial charge on any atom is 0.349 e. The van der Waals surface area contributed by atoms with Gasteiger partial charge in [-0.2, -0.15) is 4.31 Å². The SMILES string of the molecule is COC(=O)c1sccc1S(=O)(=O)N1CCN(C(=O)C2=Cc3ccccc3S2(=O)=O)CC1. The van der Waals surface area contributed by atoms with E-state index in [0.717, 1.165) is 11.3 Å². The summed E-state index contributed by atoms with van der Waals surface area (Å²) in [4.78, 5) is 25.7. The molecule has 9 nitrogen and oxygen atoms in total. The van der Waals surface area contributed by atoms with Crippen molar-refractivity contribution in [2.75, 3.05) is 33.3 Å². The van der Waals surface area contributed by atoms with Crippen molar-refractivity contribution in [1.29, 1.82) is 0 Å². The highest BCUT2D eigenvalue weighted by Crippen LogP contribution is 2.34. The van der Waals surface area contributed by atoms with Crippen molar-refractivity contribution in [1.82, 2.24) is 9.21 Å². The Morgan fingerprint density at radius 2 is 1.74 bits per heavy atom. The first-order valence-corrected chi connectivity index (χ1v) is 13.0. The van der Waals surface area contributed by atoms with Gasteiger partial charge >= 0.3 is 5.97 Å². The van der Waals surface area contributed by atoms with Crippen LogP contribution >= 0.6 is 11.3 Å². The van der Waals surface area contributed by atoms with Gasteiger partial charge in [-0.05, 0) is 29.2 Å². The fourth-order valence-corrected chi connectivity index (χ4v) is 7.83. The first-order valence-electron chi connectivity index (χ1n) is 9.19. The zero-order valence-corrected chi connectivity index (χ0v) is 18.8. The lowest BCUT2D eigenvalue weighted by molar-refractivity contribution is -0.127. The van der Waals surface area contributed by atoms with Crippen LogP contribution in [-0.4, -0.2) is 71.2 Å². The van der Waals surface area contributed by atoms with Crippen molar-refractivity contribution in [2.24, 2.45) is 0 Å². The van der Waals surface area contributed by atoms with Gasteiger partial charge in [0.15, 0.2) is 0 Å². The average molecular weight is 483 g/mol. The van der Waals surface area contributed by atoms with Gasteiger partial charge in [-0.1, -0.05) is 18.2 Å². The number of ether oxygens (including phenoxy) is 1. The molecule has 0 atom stereocenters. The highest BCUT2D eigenvalue weighted by atomic mass is 32.2. The van der Waals surface area contributed by atoms with E-state index in [9.17, 15) is 26.4 Å². The van der Waals surface area contributed by atoms with Crippen LogP contribution in [0, 0.1) is 0 Å². The number of nitrogens with zero attached hydrogens (tertiary/aromatic N) is 2. The molecule has 1 saturated heterocycles. The van der Waals surface area contributed by atoms with Crippen molar-refractivity contribution in [2.45, 2.75) is 9.79 Å². The highest BCUT2D eigenvalue weighted by molar-refractivity contribution is 7.96. The fraction of sp³-hybridized carbons (Fsp3) is 0.263. The molecule has 0 N–H and O–H groups in total. The number of hydrogen-bond acceptors (Lipinski definition) is 8. The van der Waals surface area contributed by atoms with Gasteiger partial charge in [0.2, 0.25) is 19.9 Å². The second-order valence-corrected chi connectivity index (χ2v) is 11.6. The third-order valence-electron chi connectivity index (χ3n) is 5.14. The molecule has 0 saturated carbocycles. The standard InChI is InChI=1S/C19H18N2O7S3/c1-28-19(23)17-15(6-11-29-17)31(26,27)21-9-7-20(8-10-21)18(22)16-12-13-4-2-3-5-14(13)30(16,24)25/h2-6,11-12H,7-10H2,1H3. The normalized spacial score (nSPS) is 18.4. The largest absolute Gasteiger partial charge is 0.465 e. The van der Waals surface area contributed by atoms with E-state index in [4.69, 9.17) is 0 Å². The van der Waals surface area contributed by atoms with E-state index >= 15 is 0 Å². The lowest BCUT2D eigenvalue weighted by Gasteiger charge is -2.34. The number of hydrogen-bond donors (Lipinski definition) is 0. The minimum atomic E-state index is -3.97. The number of rotatable bonds is 4. The molecule has 12 heteroatoms. The Bertz CT molecular complexity index is 1300. The van der Waals surface area contributed by atoms with Crippen LogP contribution in [-0.2, 0) is 29.4 Å². The van der Waals surface area contributed by atoms with Crippen molar-refractivity contribution in [3.05, 3.63) is 51.1 Å². The van der Waals surface area contributed by atoms with Crippen LogP contribution in [0.2, 0.25) is 0 Å². The van der Waals surface area contributed by atoms with Crippen LogP contribution in [0.4, 0.5) is 0 Å². The second kappa shape index (κ2) is 7.86. The summed E-state index contributed by atoms with van der Waals surface area (Å²) in [7, 11) is -6.70. The van der Waals surface area contributed by atoms with E-state index in [0.29, 0.717) is 5.56 Å². The van der Waals surface area contributed by atoms with Crippen LogP contribution in [0.5, 0.6) is 0 Å². The van der Waals surface area contributed by atoms with Gasteiger partial charge in [-0.25, -0.2) is 21.6 Å². The van der Waals surface area contributed by atoms with Crippen molar-refractivity contribution >= 4 is 49.1 Å². The molecule has 2 aliphatic heterocycles. The molecule has 31 heavy (non-hydrogen) atoms. The van der Waals surface area contributed by atoms with Crippen LogP contribution in [0.15, 0.2) is 50.4 Å².